The smallest absolute Gasteiger partial charge is 0.326 e. The topological polar surface area (TPSA) is 387 Å². The molecular formula is C30H48N10O13. The summed E-state index contributed by atoms with van der Waals surface area (Å²) in [6.07, 6.45) is 0.164. The van der Waals surface area contributed by atoms with E-state index in [-0.39, 0.29) is 12.8 Å². The van der Waals surface area contributed by atoms with Crippen molar-refractivity contribution in [3.05, 3.63) is 18.2 Å². The number of aliphatic hydroxyl groups is 1. The monoisotopic (exact) mass is 756 g/mol. The standard InChI is InChI=1S/C30H48N10O13/c1-14(25(47)37-18(30(52)53)6-7-22(43)44)36-21(42)12-34-27(49)19(9-16-11-33-13-35-16)38-28(50)20(10-23(45)46)39-29(51)24(15(2)41)40-26(48)17(32)5-3-4-8-31/h11,13-15,17-20,24,41H,3-10,12,31-32H2,1-2H3,(H,33,35)(H,34,49)(H,36,42)(H,37,47)(H,38,50)(H,39,51)(H,40,48)(H,43,44)(H,45,46)(H,52,53)/t14-,15+,17-,18-,19-,20-,24-/m0/s1. The summed E-state index contributed by atoms with van der Waals surface area (Å²) in [4.78, 5) is 117. The van der Waals surface area contributed by atoms with Crippen molar-refractivity contribution in [3.8, 4) is 0 Å². The van der Waals surface area contributed by atoms with Crippen molar-refractivity contribution in [1.82, 2.24) is 41.9 Å². The van der Waals surface area contributed by atoms with Crippen molar-refractivity contribution in [3.63, 3.8) is 0 Å². The first-order valence-corrected chi connectivity index (χ1v) is 16.4. The van der Waals surface area contributed by atoms with Crippen LogP contribution >= 0.6 is 0 Å². The molecule has 1 heterocycles. The molecule has 0 unspecified atom stereocenters. The Morgan fingerprint density at radius 1 is 0.774 bits per heavy atom. The van der Waals surface area contributed by atoms with E-state index in [4.69, 9.17) is 16.6 Å². The lowest BCUT2D eigenvalue weighted by atomic mass is 10.1. The molecular weight excluding hydrogens is 708 g/mol. The number of amides is 6. The summed E-state index contributed by atoms with van der Waals surface area (Å²) in [5.41, 5.74) is 11.6. The number of H-pyrrole nitrogens is 1. The summed E-state index contributed by atoms with van der Waals surface area (Å²) >= 11 is 0. The summed E-state index contributed by atoms with van der Waals surface area (Å²) in [5, 5.41) is 51.0. The normalized spacial score (nSPS) is 14.8. The van der Waals surface area contributed by atoms with Crippen LogP contribution in [0.25, 0.3) is 0 Å². The third-order valence-corrected chi connectivity index (χ3v) is 7.45. The molecule has 0 bridgehead atoms. The molecule has 0 aliphatic rings. The van der Waals surface area contributed by atoms with Gasteiger partial charge in [-0.3, -0.25) is 38.4 Å². The molecule has 7 atom stereocenters. The summed E-state index contributed by atoms with van der Waals surface area (Å²) in [6, 6.07) is -8.92. The second kappa shape index (κ2) is 23.0. The van der Waals surface area contributed by atoms with Gasteiger partial charge in [-0.05, 0) is 39.7 Å². The first-order valence-electron chi connectivity index (χ1n) is 16.4. The number of carboxylic acid groups (broad SMARTS) is 3. The molecule has 1 aromatic heterocycles. The van der Waals surface area contributed by atoms with Crippen LogP contribution in [-0.2, 0) is 49.6 Å². The summed E-state index contributed by atoms with van der Waals surface area (Å²) in [7, 11) is 0. The Labute approximate surface area is 302 Å². The molecule has 6 amide bonds. The van der Waals surface area contributed by atoms with Crippen LogP contribution in [0.3, 0.4) is 0 Å². The molecule has 53 heavy (non-hydrogen) atoms. The number of rotatable bonds is 25. The maximum Gasteiger partial charge on any atom is 0.326 e. The molecule has 23 nitrogen and oxygen atoms in total. The number of aromatic nitrogens is 2. The van der Waals surface area contributed by atoms with E-state index < -0.39 is 122 Å². The lowest BCUT2D eigenvalue weighted by Crippen LogP contribution is -2.60. The van der Waals surface area contributed by atoms with Crippen LogP contribution < -0.4 is 43.4 Å². The Bertz CT molecular complexity index is 1440. The Balaban J connectivity index is 3.01. The average molecular weight is 757 g/mol. The number of carboxylic acids is 3. The zero-order chi connectivity index (χ0) is 40.2. The van der Waals surface area contributed by atoms with Gasteiger partial charge in [0.2, 0.25) is 35.4 Å². The highest BCUT2D eigenvalue weighted by Gasteiger charge is 2.34. The van der Waals surface area contributed by atoms with Crippen molar-refractivity contribution in [2.75, 3.05) is 13.1 Å². The second-order valence-electron chi connectivity index (χ2n) is 12.0. The van der Waals surface area contributed by atoms with E-state index in [1.807, 2.05) is 0 Å². The van der Waals surface area contributed by atoms with Crippen molar-refractivity contribution in [1.29, 1.82) is 0 Å². The van der Waals surface area contributed by atoms with Crippen LogP contribution in [-0.4, -0.2) is 139 Å². The van der Waals surface area contributed by atoms with Gasteiger partial charge in [0, 0.05) is 24.7 Å². The Morgan fingerprint density at radius 2 is 1.42 bits per heavy atom. The number of hydrogen-bond acceptors (Lipinski definition) is 13. The Kier molecular flexibility index (Phi) is 19.7. The number of imidazole rings is 1. The lowest BCUT2D eigenvalue weighted by Gasteiger charge is -2.26. The predicted molar refractivity (Wildman–Crippen MR) is 180 cm³/mol. The fourth-order valence-corrected chi connectivity index (χ4v) is 4.52. The Hall–Kier alpha value is -5.68. The van der Waals surface area contributed by atoms with E-state index >= 15 is 0 Å². The van der Waals surface area contributed by atoms with E-state index in [1.165, 1.54) is 26.4 Å². The fourth-order valence-electron chi connectivity index (χ4n) is 4.52. The maximum atomic E-state index is 13.3. The van der Waals surface area contributed by atoms with Crippen molar-refractivity contribution < 1.29 is 63.6 Å². The average Bonchev–Trinajstić information content (AvgIpc) is 3.59. The van der Waals surface area contributed by atoms with Gasteiger partial charge in [-0.1, -0.05) is 6.42 Å². The van der Waals surface area contributed by atoms with Gasteiger partial charge >= 0.3 is 17.9 Å². The van der Waals surface area contributed by atoms with E-state index in [0.29, 0.717) is 25.1 Å². The van der Waals surface area contributed by atoms with Crippen LogP contribution in [0.15, 0.2) is 12.5 Å². The van der Waals surface area contributed by atoms with Crippen LogP contribution in [0.1, 0.15) is 58.1 Å². The van der Waals surface area contributed by atoms with E-state index in [9.17, 15) is 58.5 Å². The molecule has 0 fully saturated rings. The van der Waals surface area contributed by atoms with Gasteiger partial charge in [0.05, 0.1) is 31.4 Å². The van der Waals surface area contributed by atoms with E-state index in [0.717, 1.165) is 0 Å². The maximum absolute atomic E-state index is 13.3. The number of nitrogens with one attached hydrogen (secondary N) is 7. The minimum absolute atomic E-state index is 0.223. The number of nitrogens with two attached hydrogens (primary N) is 2. The largest absolute Gasteiger partial charge is 0.481 e. The zero-order valence-electron chi connectivity index (χ0n) is 29.1. The zero-order valence-corrected chi connectivity index (χ0v) is 29.1. The number of nitrogens with zero attached hydrogens (tertiary/aromatic N) is 1. The molecule has 23 heteroatoms. The molecule has 0 saturated carbocycles. The third kappa shape index (κ3) is 17.4. The van der Waals surface area contributed by atoms with Crippen LogP contribution in [0.2, 0.25) is 0 Å². The number of aliphatic carboxylic acids is 3. The van der Waals surface area contributed by atoms with Gasteiger partial charge in [0.15, 0.2) is 0 Å². The molecule has 1 aromatic rings. The van der Waals surface area contributed by atoms with Crippen LogP contribution in [0.5, 0.6) is 0 Å². The molecule has 1 rings (SSSR count). The number of carbonyl (C=O) groups is 9. The van der Waals surface area contributed by atoms with Crippen LogP contribution in [0, 0.1) is 0 Å². The summed E-state index contributed by atoms with van der Waals surface area (Å²) in [5.74, 6) is -10.3. The highest BCUT2D eigenvalue weighted by Crippen LogP contribution is 2.05. The fraction of sp³-hybridized carbons (Fsp3) is 0.600. The molecule has 15 N–H and O–H groups in total. The minimum Gasteiger partial charge on any atom is -0.481 e. The van der Waals surface area contributed by atoms with Gasteiger partial charge in [0.25, 0.3) is 0 Å². The molecule has 0 saturated heterocycles. The van der Waals surface area contributed by atoms with Crippen molar-refractivity contribution in [2.45, 2.75) is 101 Å². The lowest BCUT2D eigenvalue weighted by molar-refractivity contribution is -0.143. The van der Waals surface area contributed by atoms with Crippen molar-refractivity contribution in [2.24, 2.45) is 11.5 Å². The molecule has 0 radical (unpaired) electrons. The number of aliphatic hydroxyl groups excluding tert-OH is 1. The number of unbranched alkanes of at least 4 members (excludes halogenated alkanes) is 1. The Morgan fingerprint density at radius 3 is 1.96 bits per heavy atom. The predicted octanol–water partition coefficient (Wildman–Crippen LogP) is -5.23. The highest BCUT2D eigenvalue weighted by atomic mass is 16.4. The summed E-state index contributed by atoms with van der Waals surface area (Å²) < 4.78 is 0. The molecule has 0 spiro atoms. The van der Waals surface area contributed by atoms with Crippen molar-refractivity contribution >= 4 is 53.4 Å². The van der Waals surface area contributed by atoms with Gasteiger partial charge in [-0.15, -0.1) is 0 Å². The molecule has 0 aliphatic heterocycles. The van der Waals surface area contributed by atoms with Crippen LogP contribution in [0.4, 0.5) is 0 Å². The van der Waals surface area contributed by atoms with E-state index in [1.54, 1.807) is 0 Å². The van der Waals surface area contributed by atoms with Gasteiger partial charge in [0.1, 0.15) is 30.2 Å². The first kappa shape index (κ1) is 45.3. The number of hydrogen-bond donors (Lipinski definition) is 13. The van der Waals surface area contributed by atoms with Gasteiger partial charge in [-0.2, -0.15) is 0 Å². The second-order valence-corrected chi connectivity index (χ2v) is 12.0. The molecule has 0 aromatic carbocycles. The third-order valence-electron chi connectivity index (χ3n) is 7.45. The quantitative estimate of drug-likeness (QED) is 0.0415. The van der Waals surface area contributed by atoms with E-state index in [2.05, 4.69) is 41.9 Å². The van der Waals surface area contributed by atoms with Gasteiger partial charge < -0.3 is 68.8 Å². The summed E-state index contributed by atoms with van der Waals surface area (Å²) in [6.45, 7) is 1.98. The number of carbonyl (C=O) groups excluding carboxylic acids is 6. The first-order chi connectivity index (χ1) is 24.9. The molecule has 296 valence electrons. The minimum atomic E-state index is -1.83. The van der Waals surface area contributed by atoms with Gasteiger partial charge in [-0.25, -0.2) is 9.78 Å². The molecule has 0 aliphatic carbocycles. The SMILES string of the molecule is C[C@H](NC(=O)CNC(=O)[C@H](Cc1cnc[nH]1)NC(=O)[C@H](CC(=O)O)NC(=O)[C@@H](NC(=O)[C@@H](N)CCCCN)[C@@H](C)O)C(=O)N[C@@H](CCC(=O)O)C(=O)O. The highest BCUT2D eigenvalue weighted by molar-refractivity contribution is 5.97. The number of aromatic amines is 1.